The molecule has 1 saturated carbocycles. The highest BCUT2D eigenvalue weighted by Crippen LogP contribution is 2.31. The summed E-state index contributed by atoms with van der Waals surface area (Å²) in [5.74, 6) is -0.297. The molecule has 7 heteroatoms. The second kappa shape index (κ2) is 7.44. The van der Waals surface area contributed by atoms with Crippen molar-refractivity contribution >= 4 is 44.7 Å². The minimum absolute atomic E-state index is 0.0446. The van der Waals surface area contributed by atoms with Crippen molar-refractivity contribution in [2.24, 2.45) is 0 Å². The molecule has 3 aromatic rings. The van der Waals surface area contributed by atoms with Crippen LogP contribution in [0, 0.1) is 6.92 Å². The first-order valence-electron chi connectivity index (χ1n) is 9.12. The molecule has 0 radical (unpaired) electrons. The maximum Gasteiger partial charge on any atom is 0.271 e. The Balaban J connectivity index is 1.73. The molecule has 4 rings (SSSR count). The third-order valence-electron chi connectivity index (χ3n) is 5.12. The molecule has 1 amide bonds. The van der Waals surface area contributed by atoms with Gasteiger partial charge in [0.2, 0.25) is 0 Å². The fraction of sp³-hybridized carbons (Fsp3) is 0.350. The van der Waals surface area contributed by atoms with Crippen LogP contribution in [0.15, 0.2) is 35.4 Å². The number of carbonyl (C=O) groups excluding carboxylic acids is 1. The molecule has 1 aliphatic rings. The van der Waals surface area contributed by atoms with Crippen molar-refractivity contribution < 1.29 is 4.79 Å². The van der Waals surface area contributed by atoms with E-state index in [0.717, 1.165) is 30.6 Å². The fourth-order valence-corrected chi connectivity index (χ4v) is 4.95. The lowest BCUT2D eigenvalue weighted by molar-refractivity contribution is 0.102. The van der Waals surface area contributed by atoms with E-state index in [4.69, 9.17) is 11.6 Å². The number of thiophene rings is 1. The Morgan fingerprint density at radius 3 is 2.74 bits per heavy atom. The Labute approximate surface area is 166 Å². The maximum atomic E-state index is 13.0. The molecule has 0 unspecified atom stereocenters. The molecule has 0 spiro atoms. The number of hydrogen-bond acceptors (Lipinski definition) is 4. The summed E-state index contributed by atoms with van der Waals surface area (Å²) < 4.78 is 2.30. The van der Waals surface area contributed by atoms with Crippen LogP contribution in [0.25, 0.3) is 10.2 Å². The Morgan fingerprint density at radius 1 is 1.26 bits per heavy atom. The fourth-order valence-electron chi connectivity index (χ4n) is 3.72. The Morgan fingerprint density at radius 2 is 2.00 bits per heavy atom. The molecule has 1 aliphatic carbocycles. The number of amides is 1. The van der Waals surface area contributed by atoms with Crippen LogP contribution < -0.4 is 10.9 Å². The normalized spacial score (nSPS) is 15.2. The molecule has 2 aromatic heterocycles. The molecule has 1 aromatic carbocycles. The summed E-state index contributed by atoms with van der Waals surface area (Å²) in [5, 5.41) is 3.30. The van der Waals surface area contributed by atoms with E-state index >= 15 is 0 Å². The van der Waals surface area contributed by atoms with Gasteiger partial charge in [0.1, 0.15) is 10.2 Å². The average Bonchev–Trinajstić information content (AvgIpc) is 3.01. The largest absolute Gasteiger partial charge is 0.321 e. The minimum atomic E-state index is -0.297. The van der Waals surface area contributed by atoms with E-state index in [-0.39, 0.29) is 17.5 Å². The predicted octanol–water partition coefficient (Wildman–Crippen LogP) is 5.18. The number of halogens is 1. The number of para-hydroxylation sites is 1. The Hall–Kier alpha value is -2.18. The van der Waals surface area contributed by atoms with Gasteiger partial charge in [-0.15, -0.1) is 11.3 Å². The van der Waals surface area contributed by atoms with Crippen molar-refractivity contribution in [1.29, 1.82) is 0 Å². The summed E-state index contributed by atoms with van der Waals surface area (Å²) in [4.78, 5) is 31.1. The molecule has 0 saturated heterocycles. The molecule has 2 heterocycles. The summed E-state index contributed by atoms with van der Waals surface area (Å²) in [6.07, 6.45) is 7.15. The van der Waals surface area contributed by atoms with Gasteiger partial charge in [-0.2, -0.15) is 0 Å². The van der Waals surface area contributed by atoms with Crippen molar-refractivity contribution in [2.75, 3.05) is 5.32 Å². The molecule has 0 aliphatic heterocycles. The second-order valence-electron chi connectivity index (χ2n) is 6.89. The van der Waals surface area contributed by atoms with Crippen LogP contribution in [0.5, 0.6) is 0 Å². The van der Waals surface area contributed by atoms with Gasteiger partial charge in [-0.3, -0.25) is 14.2 Å². The number of fused-ring (bicyclic) bond motifs is 1. The molecule has 1 N–H and O–H groups in total. The van der Waals surface area contributed by atoms with Crippen LogP contribution in [0.2, 0.25) is 5.02 Å². The summed E-state index contributed by atoms with van der Waals surface area (Å²) in [5.41, 5.74) is 1.41. The van der Waals surface area contributed by atoms with Crippen LogP contribution >= 0.6 is 22.9 Å². The van der Waals surface area contributed by atoms with E-state index < -0.39 is 0 Å². The zero-order chi connectivity index (χ0) is 19.0. The molecule has 5 nitrogen and oxygen atoms in total. The first-order valence-corrected chi connectivity index (χ1v) is 10.3. The summed E-state index contributed by atoms with van der Waals surface area (Å²) in [7, 11) is 0. The summed E-state index contributed by atoms with van der Waals surface area (Å²) >= 11 is 7.48. The van der Waals surface area contributed by atoms with E-state index in [1.54, 1.807) is 35.2 Å². The smallest absolute Gasteiger partial charge is 0.271 e. The SMILES string of the molecule is Cc1sc2c(=O)n(C3CCCCC3)cnc2c1C(=O)Nc1ccccc1Cl. The van der Waals surface area contributed by atoms with Gasteiger partial charge in [0.15, 0.2) is 0 Å². The van der Waals surface area contributed by atoms with Gasteiger partial charge in [0.05, 0.1) is 22.6 Å². The van der Waals surface area contributed by atoms with Gasteiger partial charge < -0.3 is 5.32 Å². The summed E-state index contributed by atoms with van der Waals surface area (Å²) in [6, 6.07) is 7.29. The van der Waals surface area contributed by atoms with Crippen molar-refractivity contribution in [3.8, 4) is 0 Å². The van der Waals surface area contributed by atoms with Gasteiger partial charge in [0.25, 0.3) is 11.5 Å². The monoisotopic (exact) mass is 401 g/mol. The van der Waals surface area contributed by atoms with Crippen molar-refractivity contribution in [2.45, 2.75) is 45.1 Å². The number of carbonyl (C=O) groups is 1. The number of rotatable bonds is 3. The number of aromatic nitrogens is 2. The number of benzene rings is 1. The number of nitrogens with one attached hydrogen (secondary N) is 1. The van der Waals surface area contributed by atoms with Gasteiger partial charge in [-0.1, -0.05) is 43.0 Å². The van der Waals surface area contributed by atoms with E-state index in [9.17, 15) is 9.59 Å². The average molecular weight is 402 g/mol. The molecule has 1 fully saturated rings. The third kappa shape index (κ3) is 3.39. The van der Waals surface area contributed by atoms with Gasteiger partial charge in [-0.25, -0.2) is 4.98 Å². The van der Waals surface area contributed by atoms with Gasteiger partial charge >= 0.3 is 0 Å². The zero-order valence-electron chi connectivity index (χ0n) is 15.0. The second-order valence-corrected chi connectivity index (χ2v) is 8.53. The Bertz CT molecular complexity index is 1070. The van der Waals surface area contributed by atoms with Crippen LogP contribution in [0.4, 0.5) is 5.69 Å². The van der Waals surface area contributed by atoms with E-state index in [2.05, 4.69) is 10.3 Å². The number of aryl methyl sites for hydroxylation is 1. The molecular weight excluding hydrogens is 382 g/mol. The predicted molar refractivity (Wildman–Crippen MR) is 110 cm³/mol. The lowest BCUT2D eigenvalue weighted by atomic mass is 9.95. The van der Waals surface area contributed by atoms with E-state index in [1.807, 2.05) is 6.92 Å². The molecule has 27 heavy (non-hydrogen) atoms. The summed E-state index contributed by atoms with van der Waals surface area (Å²) in [6.45, 7) is 1.85. The van der Waals surface area contributed by atoms with Crippen LogP contribution in [0.3, 0.4) is 0 Å². The first kappa shape index (κ1) is 18.2. The standard InChI is InChI=1S/C20H20ClN3O2S/c1-12-16(19(25)23-15-10-6-5-9-14(15)21)17-18(27-12)20(26)24(11-22-17)13-7-3-2-4-8-13/h5-6,9-11,13H,2-4,7-8H2,1H3,(H,23,25). The van der Waals surface area contributed by atoms with Crippen molar-refractivity contribution in [3.63, 3.8) is 0 Å². The zero-order valence-corrected chi connectivity index (χ0v) is 16.6. The van der Waals surface area contributed by atoms with Gasteiger partial charge in [0, 0.05) is 10.9 Å². The maximum absolute atomic E-state index is 13.0. The quantitative estimate of drug-likeness (QED) is 0.657. The molecule has 140 valence electrons. The minimum Gasteiger partial charge on any atom is -0.321 e. The van der Waals surface area contributed by atoms with Crippen molar-refractivity contribution in [1.82, 2.24) is 9.55 Å². The topological polar surface area (TPSA) is 64.0 Å². The van der Waals surface area contributed by atoms with E-state index in [0.29, 0.717) is 26.5 Å². The molecule has 0 atom stereocenters. The number of anilines is 1. The first-order chi connectivity index (χ1) is 13.1. The highest BCUT2D eigenvalue weighted by Gasteiger charge is 2.23. The van der Waals surface area contributed by atoms with Crippen LogP contribution in [-0.4, -0.2) is 15.5 Å². The third-order valence-corrected chi connectivity index (χ3v) is 6.53. The molecule has 0 bridgehead atoms. The Kier molecular flexibility index (Phi) is 5.02. The highest BCUT2D eigenvalue weighted by molar-refractivity contribution is 7.19. The highest BCUT2D eigenvalue weighted by atomic mass is 35.5. The lowest BCUT2D eigenvalue weighted by Crippen LogP contribution is -2.26. The van der Waals surface area contributed by atoms with Gasteiger partial charge in [-0.05, 0) is 31.9 Å². The number of hydrogen-bond donors (Lipinski definition) is 1. The number of nitrogens with zero attached hydrogens (tertiary/aromatic N) is 2. The molecular formula is C20H20ClN3O2S. The lowest BCUT2D eigenvalue weighted by Gasteiger charge is -2.23. The van der Waals surface area contributed by atoms with E-state index in [1.165, 1.54) is 17.8 Å². The van der Waals surface area contributed by atoms with Crippen LogP contribution in [-0.2, 0) is 0 Å². The van der Waals surface area contributed by atoms with Crippen molar-refractivity contribution in [3.05, 3.63) is 56.4 Å². The van der Waals surface area contributed by atoms with Crippen LogP contribution in [0.1, 0.15) is 53.4 Å².